The van der Waals surface area contributed by atoms with Crippen molar-refractivity contribution in [3.05, 3.63) is 0 Å². The molecule has 1 unspecified atom stereocenters. The maximum atomic E-state index is 11.3. The van der Waals surface area contributed by atoms with Crippen molar-refractivity contribution in [2.45, 2.75) is 33.2 Å². The fourth-order valence-electron chi connectivity index (χ4n) is 1.07. The molecule has 0 rings (SSSR count). The maximum Gasteiger partial charge on any atom is 0.313 e. The lowest BCUT2D eigenvalue weighted by Crippen LogP contribution is -2.38. The lowest BCUT2D eigenvalue weighted by atomic mass is 9.94. The molecule has 0 aromatic rings. The van der Waals surface area contributed by atoms with E-state index >= 15 is 0 Å². The van der Waals surface area contributed by atoms with Gasteiger partial charge in [0.05, 0.1) is 6.04 Å². The van der Waals surface area contributed by atoms with Crippen LogP contribution in [0.4, 0.5) is 0 Å². The van der Waals surface area contributed by atoms with Gasteiger partial charge in [-0.05, 0) is 19.3 Å². The molecule has 0 saturated heterocycles. The lowest BCUT2D eigenvalue weighted by molar-refractivity contribution is -0.146. The normalized spacial score (nSPS) is 15.5. The van der Waals surface area contributed by atoms with E-state index in [9.17, 15) is 9.59 Å². The third kappa shape index (κ3) is 4.03. The van der Waals surface area contributed by atoms with Gasteiger partial charge in [0.1, 0.15) is 5.92 Å². The SMILES string of the molecule is CC(C)C[C@H](N)C(=O)C(C)C(=O)O. The van der Waals surface area contributed by atoms with Gasteiger partial charge in [-0.3, -0.25) is 9.59 Å². The van der Waals surface area contributed by atoms with Crippen LogP contribution in [0.15, 0.2) is 0 Å². The van der Waals surface area contributed by atoms with Crippen LogP contribution in [0.3, 0.4) is 0 Å². The largest absolute Gasteiger partial charge is 0.481 e. The van der Waals surface area contributed by atoms with E-state index < -0.39 is 17.9 Å². The summed E-state index contributed by atoms with van der Waals surface area (Å²) in [6, 6.07) is -0.647. The van der Waals surface area contributed by atoms with Crippen molar-refractivity contribution in [1.29, 1.82) is 0 Å². The van der Waals surface area contributed by atoms with Gasteiger partial charge in [0.15, 0.2) is 5.78 Å². The fourth-order valence-corrected chi connectivity index (χ4v) is 1.07. The predicted octanol–water partition coefficient (Wildman–Crippen LogP) is 0.650. The zero-order chi connectivity index (χ0) is 10.6. The third-order valence-electron chi connectivity index (χ3n) is 1.89. The van der Waals surface area contributed by atoms with Crippen molar-refractivity contribution in [1.82, 2.24) is 0 Å². The number of carboxylic acid groups (broad SMARTS) is 1. The Morgan fingerprint density at radius 2 is 1.77 bits per heavy atom. The first-order valence-corrected chi connectivity index (χ1v) is 4.38. The number of hydrogen-bond acceptors (Lipinski definition) is 3. The zero-order valence-electron chi connectivity index (χ0n) is 8.28. The number of rotatable bonds is 5. The molecule has 0 aliphatic rings. The molecule has 0 amide bonds. The van der Waals surface area contributed by atoms with Crippen molar-refractivity contribution in [3.8, 4) is 0 Å². The minimum atomic E-state index is -1.11. The minimum absolute atomic E-state index is 0.306. The molecule has 4 heteroatoms. The molecule has 2 atom stereocenters. The topological polar surface area (TPSA) is 80.4 Å². The van der Waals surface area contributed by atoms with E-state index in [0.717, 1.165) is 0 Å². The predicted molar refractivity (Wildman–Crippen MR) is 49.2 cm³/mol. The van der Waals surface area contributed by atoms with E-state index in [1.807, 2.05) is 13.8 Å². The first-order chi connectivity index (χ1) is 5.86. The standard InChI is InChI=1S/C9H17NO3/c1-5(2)4-7(10)8(11)6(3)9(12)13/h5-7H,4,10H2,1-3H3,(H,12,13)/t6?,7-/m0/s1. The van der Waals surface area contributed by atoms with Gasteiger partial charge in [-0.2, -0.15) is 0 Å². The second-order valence-electron chi connectivity index (χ2n) is 3.70. The Morgan fingerprint density at radius 3 is 2.08 bits per heavy atom. The molecule has 76 valence electrons. The van der Waals surface area contributed by atoms with Gasteiger partial charge in [0.2, 0.25) is 0 Å². The molecule has 0 bridgehead atoms. The van der Waals surface area contributed by atoms with Crippen LogP contribution in [0, 0.1) is 11.8 Å². The molecule has 4 nitrogen and oxygen atoms in total. The highest BCUT2D eigenvalue weighted by atomic mass is 16.4. The van der Waals surface area contributed by atoms with Crippen molar-refractivity contribution in [2.75, 3.05) is 0 Å². The summed E-state index contributed by atoms with van der Waals surface area (Å²) in [7, 11) is 0. The number of carboxylic acids is 1. The van der Waals surface area contributed by atoms with Crippen molar-refractivity contribution in [3.63, 3.8) is 0 Å². The second kappa shape index (κ2) is 4.97. The molecule has 0 aliphatic carbocycles. The average Bonchev–Trinajstić information content (AvgIpc) is 2.00. The van der Waals surface area contributed by atoms with Crippen molar-refractivity contribution in [2.24, 2.45) is 17.6 Å². The number of nitrogens with two attached hydrogens (primary N) is 1. The highest BCUT2D eigenvalue weighted by Crippen LogP contribution is 2.08. The molecule has 13 heavy (non-hydrogen) atoms. The summed E-state index contributed by atoms with van der Waals surface area (Å²) in [6.07, 6.45) is 0.538. The zero-order valence-corrected chi connectivity index (χ0v) is 8.28. The Hall–Kier alpha value is -0.900. The number of hydrogen-bond donors (Lipinski definition) is 2. The summed E-state index contributed by atoms with van der Waals surface area (Å²) in [5, 5.41) is 8.56. The fraction of sp³-hybridized carbons (Fsp3) is 0.778. The number of aliphatic carboxylic acids is 1. The van der Waals surface area contributed by atoms with E-state index in [1.165, 1.54) is 6.92 Å². The van der Waals surface area contributed by atoms with Crippen LogP contribution >= 0.6 is 0 Å². The van der Waals surface area contributed by atoms with Crippen molar-refractivity contribution < 1.29 is 14.7 Å². The van der Waals surface area contributed by atoms with Gasteiger partial charge in [0, 0.05) is 0 Å². The Morgan fingerprint density at radius 1 is 1.31 bits per heavy atom. The summed E-state index contributed by atoms with van der Waals surface area (Å²) in [5.74, 6) is -2.18. The average molecular weight is 187 g/mol. The highest BCUT2D eigenvalue weighted by Gasteiger charge is 2.26. The van der Waals surface area contributed by atoms with E-state index in [-0.39, 0.29) is 5.78 Å². The van der Waals surface area contributed by atoms with Gasteiger partial charge in [-0.25, -0.2) is 0 Å². The van der Waals surface area contributed by atoms with Gasteiger partial charge >= 0.3 is 5.97 Å². The number of Topliss-reactive ketones (excluding diaryl/α,β-unsaturated/α-hetero) is 1. The van der Waals surface area contributed by atoms with Crippen LogP contribution < -0.4 is 5.73 Å². The van der Waals surface area contributed by atoms with E-state index in [0.29, 0.717) is 12.3 Å². The Bertz CT molecular complexity index is 201. The summed E-state index contributed by atoms with van der Waals surface area (Å²) >= 11 is 0. The molecule has 0 spiro atoms. The van der Waals surface area contributed by atoms with Gasteiger partial charge < -0.3 is 10.8 Å². The Labute approximate surface area is 78.1 Å². The summed E-state index contributed by atoms with van der Waals surface area (Å²) < 4.78 is 0. The molecular weight excluding hydrogens is 170 g/mol. The number of carbonyl (C=O) groups is 2. The van der Waals surface area contributed by atoms with Crippen LogP contribution in [-0.4, -0.2) is 22.9 Å². The van der Waals surface area contributed by atoms with Crippen LogP contribution in [0.5, 0.6) is 0 Å². The van der Waals surface area contributed by atoms with Gasteiger partial charge in [-0.1, -0.05) is 13.8 Å². The van der Waals surface area contributed by atoms with Crippen molar-refractivity contribution >= 4 is 11.8 Å². The summed E-state index contributed by atoms with van der Waals surface area (Å²) in [4.78, 5) is 21.8. The lowest BCUT2D eigenvalue weighted by Gasteiger charge is -2.14. The van der Waals surface area contributed by atoms with Gasteiger partial charge in [-0.15, -0.1) is 0 Å². The van der Waals surface area contributed by atoms with E-state index in [4.69, 9.17) is 10.8 Å². The van der Waals surface area contributed by atoms with Gasteiger partial charge in [0.25, 0.3) is 0 Å². The first kappa shape index (κ1) is 12.1. The van der Waals surface area contributed by atoms with Crippen LogP contribution in [0.25, 0.3) is 0 Å². The highest BCUT2D eigenvalue weighted by molar-refractivity contribution is 6.00. The minimum Gasteiger partial charge on any atom is -0.481 e. The van der Waals surface area contributed by atoms with Crippen LogP contribution in [0.1, 0.15) is 27.2 Å². The Balaban J connectivity index is 4.17. The first-order valence-electron chi connectivity index (χ1n) is 4.38. The molecule has 0 heterocycles. The van der Waals surface area contributed by atoms with Crippen LogP contribution in [-0.2, 0) is 9.59 Å². The molecule has 0 fully saturated rings. The van der Waals surface area contributed by atoms with Crippen LogP contribution in [0.2, 0.25) is 0 Å². The summed E-state index contributed by atoms with van der Waals surface area (Å²) in [6.45, 7) is 5.25. The molecule has 0 saturated carbocycles. The molecule has 0 aromatic carbocycles. The molecule has 0 aliphatic heterocycles. The number of ketones is 1. The smallest absolute Gasteiger partial charge is 0.313 e. The third-order valence-corrected chi connectivity index (χ3v) is 1.89. The maximum absolute atomic E-state index is 11.3. The Kier molecular flexibility index (Phi) is 4.62. The van der Waals surface area contributed by atoms with E-state index in [1.54, 1.807) is 0 Å². The second-order valence-corrected chi connectivity index (χ2v) is 3.70. The molecule has 0 aromatic heterocycles. The molecular formula is C9H17NO3. The summed E-state index contributed by atoms with van der Waals surface area (Å²) in [5.41, 5.74) is 5.54. The molecule has 3 N–H and O–H groups in total. The quantitative estimate of drug-likeness (QED) is 0.619. The number of carbonyl (C=O) groups excluding carboxylic acids is 1. The van der Waals surface area contributed by atoms with E-state index in [2.05, 4.69) is 0 Å². The molecule has 0 radical (unpaired) electrons. The monoisotopic (exact) mass is 187 g/mol.